The maximum absolute atomic E-state index is 10.7. The molecular formula is C8H8ClNO2S. The summed E-state index contributed by atoms with van der Waals surface area (Å²) in [5.41, 5.74) is 0.104. The summed E-state index contributed by atoms with van der Waals surface area (Å²) >= 11 is 7.12. The van der Waals surface area contributed by atoms with Crippen LogP contribution in [0.4, 0.5) is 0 Å². The number of aromatic nitrogens is 1. The molecule has 0 aliphatic carbocycles. The van der Waals surface area contributed by atoms with Gasteiger partial charge in [-0.3, -0.25) is 0 Å². The fourth-order valence-corrected chi connectivity index (χ4v) is 1.62. The lowest BCUT2D eigenvalue weighted by molar-refractivity contribution is 0.0696. The summed E-state index contributed by atoms with van der Waals surface area (Å²) in [6, 6.07) is 1.48. The molecule has 0 radical (unpaired) electrons. The van der Waals surface area contributed by atoms with Gasteiger partial charge in [-0.15, -0.1) is 11.8 Å². The lowest BCUT2D eigenvalue weighted by Crippen LogP contribution is -1.98. The Morgan fingerprint density at radius 1 is 1.77 bits per heavy atom. The highest BCUT2D eigenvalue weighted by Gasteiger charge is 2.09. The second kappa shape index (κ2) is 4.48. The predicted molar refractivity (Wildman–Crippen MR) is 52.6 cm³/mol. The molecule has 0 bridgehead atoms. The minimum absolute atomic E-state index is 0.104. The van der Waals surface area contributed by atoms with Crippen LogP contribution in [-0.4, -0.2) is 21.8 Å². The van der Waals surface area contributed by atoms with Crippen molar-refractivity contribution in [3.8, 4) is 0 Å². The number of nitrogens with zero attached hydrogens (tertiary/aromatic N) is 1. The van der Waals surface area contributed by atoms with Crippen molar-refractivity contribution in [3.05, 3.63) is 22.8 Å². The molecule has 1 aromatic rings. The van der Waals surface area contributed by atoms with Gasteiger partial charge in [0, 0.05) is 6.20 Å². The van der Waals surface area contributed by atoms with Crippen molar-refractivity contribution in [2.75, 3.05) is 5.75 Å². The first-order valence-electron chi connectivity index (χ1n) is 3.66. The van der Waals surface area contributed by atoms with Crippen molar-refractivity contribution in [1.82, 2.24) is 4.98 Å². The van der Waals surface area contributed by atoms with E-state index in [9.17, 15) is 4.79 Å². The Kier molecular flexibility index (Phi) is 3.57. The third-order valence-corrected chi connectivity index (χ3v) is 2.46. The molecular weight excluding hydrogens is 210 g/mol. The summed E-state index contributed by atoms with van der Waals surface area (Å²) < 4.78 is 0. The third-order valence-electron chi connectivity index (χ3n) is 1.35. The summed E-state index contributed by atoms with van der Waals surface area (Å²) in [5.74, 6) is -0.168. The van der Waals surface area contributed by atoms with Crippen LogP contribution in [0.2, 0.25) is 5.02 Å². The second-order valence-electron chi connectivity index (χ2n) is 2.24. The van der Waals surface area contributed by atoms with Gasteiger partial charge in [-0.1, -0.05) is 18.5 Å². The number of pyridine rings is 1. The van der Waals surface area contributed by atoms with Crippen LogP contribution >= 0.6 is 23.4 Å². The number of aromatic carboxylic acids is 1. The number of carboxylic acids is 1. The number of rotatable bonds is 3. The van der Waals surface area contributed by atoms with Crippen LogP contribution in [-0.2, 0) is 0 Å². The van der Waals surface area contributed by atoms with Gasteiger partial charge in [0.05, 0.1) is 15.6 Å². The average molecular weight is 218 g/mol. The maximum atomic E-state index is 10.7. The zero-order chi connectivity index (χ0) is 9.84. The highest BCUT2D eigenvalue weighted by molar-refractivity contribution is 7.99. The van der Waals surface area contributed by atoms with Crippen LogP contribution < -0.4 is 0 Å². The summed E-state index contributed by atoms with van der Waals surface area (Å²) in [6.07, 6.45) is 1.36. The van der Waals surface area contributed by atoms with E-state index in [-0.39, 0.29) is 10.6 Å². The zero-order valence-electron chi connectivity index (χ0n) is 6.95. The molecule has 0 unspecified atom stereocenters. The normalized spacial score (nSPS) is 10.0. The molecule has 3 nitrogen and oxygen atoms in total. The molecule has 0 aromatic carbocycles. The summed E-state index contributed by atoms with van der Waals surface area (Å²) in [6.45, 7) is 1.97. The van der Waals surface area contributed by atoms with Crippen LogP contribution in [0, 0.1) is 0 Å². The van der Waals surface area contributed by atoms with Crippen molar-refractivity contribution >= 4 is 29.3 Å². The Hall–Kier alpha value is -0.740. The first kappa shape index (κ1) is 10.3. The number of hydrogen-bond acceptors (Lipinski definition) is 3. The SMILES string of the molecule is CCSc1cc(C(=O)O)c(Cl)cn1. The Morgan fingerprint density at radius 2 is 2.46 bits per heavy atom. The van der Waals surface area contributed by atoms with E-state index in [1.54, 1.807) is 0 Å². The predicted octanol–water partition coefficient (Wildman–Crippen LogP) is 2.55. The van der Waals surface area contributed by atoms with Crippen molar-refractivity contribution in [2.24, 2.45) is 0 Å². The van der Waals surface area contributed by atoms with Crippen molar-refractivity contribution in [2.45, 2.75) is 11.9 Å². The molecule has 0 fully saturated rings. The van der Waals surface area contributed by atoms with E-state index in [2.05, 4.69) is 4.98 Å². The first-order valence-corrected chi connectivity index (χ1v) is 5.03. The highest BCUT2D eigenvalue weighted by Crippen LogP contribution is 2.21. The fraction of sp³-hybridized carbons (Fsp3) is 0.250. The van der Waals surface area contributed by atoms with Gasteiger partial charge in [0.1, 0.15) is 0 Å². The van der Waals surface area contributed by atoms with E-state index in [1.807, 2.05) is 6.92 Å². The number of thioether (sulfide) groups is 1. The second-order valence-corrected chi connectivity index (χ2v) is 3.93. The van der Waals surface area contributed by atoms with Gasteiger partial charge < -0.3 is 5.11 Å². The Morgan fingerprint density at radius 3 is 3.00 bits per heavy atom. The number of hydrogen-bond donors (Lipinski definition) is 1. The van der Waals surface area contributed by atoms with Crippen LogP contribution in [0.1, 0.15) is 17.3 Å². The summed E-state index contributed by atoms with van der Waals surface area (Å²) in [4.78, 5) is 14.6. The molecule has 0 saturated heterocycles. The Balaban J connectivity index is 3.04. The van der Waals surface area contributed by atoms with E-state index < -0.39 is 5.97 Å². The first-order chi connectivity index (χ1) is 6.15. The van der Waals surface area contributed by atoms with Gasteiger partial charge in [0.25, 0.3) is 0 Å². The van der Waals surface area contributed by atoms with Crippen LogP contribution in [0.5, 0.6) is 0 Å². The van der Waals surface area contributed by atoms with Gasteiger partial charge in [0.15, 0.2) is 0 Å². The Labute approximate surface area is 85.1 Å². The molecule has 5 heteroatoms. The van der Waals surface area contributed by atoms with Gasteiger partial charge in [0.2, 0.25) is 0 Å². The average Bonchev–Trinajstić information content (AvgIpc) is 2.08. The Bertz CT molecular complexity index is 330. The largest absolute Gasteiger partial charge is 0.478 e. The summed E-state index contributed by atoms with van der Waals surface area (Å²) in [5, 5.41) is 9.60. The number of carboxylic acid groups (broad SMARTS) is 1. The number of carbonyl (C=O) groups is 1. The maximum Gasteiger partial charge on any atom is 0.337 e. The molecule has 0 amide bonds. The van der Waals surface area contributed by atoms with Gasteiger partial charge in [-0.2, -0.15) is 0 Å². The van der Waals surface area contributed by atoms with E-state index in [1.165, 1.54) is 24.0 Å². The molecule has 0 saturated carbocycles. The van der Waals surface area contributed by atoms with E-state index >= 15 is 0 Å². The molecule has 0 aliphatic rings. The lowest BCUT2D eigenvalue weighted by Gasteiger charge is -2.01. The number of halogens is 1. The van der Waals surface area contributed by atoms with Crippen molar-refractivity contribution in [1.29, 1.82) is 0 Å². The van der Waals surface area contributed by atoms with E-state index in [0.29, 0.717) is 5.03 Å². The summed E-state index contributed by atoms with van der Waals surface area (Å²) in [7, 11) is 0. The third kappa shape index (κ3) is 2.60. The van der Waals surface area contributed by atoms with Gasteiger partial charge in [-0.25, -0.2) is 9.78 Å². The molecule has 13 heavy (non-hydrogen) atoms. The molecule has 0 spiro atoms. The van der Waals surface area contributed by atoms with Gasteiger partial charge >= 0.3 is 5.97 Å². The molecule has 0 atom stereocenters. The van der Waals surface area contributed by atoms with Gasteiger partial charge in [-0.05, 0) is 11.8 Å². The lowest BCUT2D eigenvalue weighted by atomic mass is 10.3. The monoisotopic (exact) mass is 217 g/mol. The quantitative estimate of drug-likeness (QED) is 0.791. The molecule has 0 aliphatic heterocycles. The smallest absolute Gasteiger partial charge is 0.337 e. The minimum atomic E-state index is -1.02. The topological polar surface area (TPSA) is 50.2 Å². The van der Waals surface area contributed by atoms with Crippen molar-refractivity contribution < 1.29 is 9.90 Å². The molecule has 1 aromatic heterocycles. The molecule has 1 N–H and O–H groups in total. The van der Waals surface area contributed by atoms with E-state index in [4.69, 9.17) is 16.7 Å². The minimum Gasteiger partial charge on any atom is -0.478 e. The standard InChI is InChI=1S/C8H8ClNO2S/c1-2-13-7-3-5(8(11)12)6(9)4-10-7/h3-4H,2H2,1H3,(H,11,12). The molecule has 1 heterocycles. The fourth-order valence-electron chi connectivity index (χ4n) is 0.810. The molecule has 70 valence electrons. The van der Waals surface area contributed by atoms with Crippen LogP contribution in [0.3, 0.4) is 0 Å². The van der Waals surface area contributed by atoms with Crippen LogP contribution in [0.25, 0.3) is 0 Å². The van der Waals surface area contributed by atoms with Crippen LogP contribution in [0.15, 0.2) is 17.3 Å². The molecule has 1 rings (SSSR count). The zero-order valence-corrected chi connectivity index (χ0v) is 8.52. The van der Waals surface area contributed by atoms with E-state index in [0.717, 1.165) is 5.75 Å². The van der Waals surface area contributed by atoms with Crippen molar-refractivity contribution in [3.63, 3.8) is 0 Å². The highest BCUT2D eigenvalue weighted by atomic mass is 35.5.